The second kappa shape index (κ2) is 5.73. The summed E-state index contributed by atoms with van der Waals surface area (Å²) in [4.78, 5) is 0. The first-order chi connectivity index (χ1) is 7.01. The third kappa shape index (κ3) is 5.40. The summed E-state index contributed by atoms with van der Waals surface area (Å²) in [5.41, 5.74) is 0. The molecule has 0 amide bonds. The molecule has 4 heteroatoms. The van der Waals surface area contributed by atoms with Crippen LogP contribution in [0.3, 0.4) is 0 Å². The van der Waals surface area contributed by atoms with Gasteiger partial charge in [0.1, 0.15) is 0 Å². The number of halogens is 3. The molecule has 1 rings (SSSR count). The van der Waals surface area contributed by atoms with Crippen LogP contribution in [0.1, 0.15) is 38.5 Å². The van der Waals surface area contributed by atoms with Crippen molar-refractivity contribution in [3.05, 3.63) is 0 Å². The second-order valence-corrected chi connectivity index (χ2v) is 4.50. The van der Waals surface area contributed by atoms with Gasteiger partial charge in [-0.05, 0) is 24.7 Å². The number of hydrogen-bond donors (Lipinski definition) is 0. The van der Waals surface area contributed by atoms with E-state index in [0.29, 0.717) is 12.5 Å². The van der Waals surface area contributed by atoms with Gasteiger partial charge in [0.25, 0.3) is 0 Å². The van der Waals surface area contributed by atoms with Crippen LogP contribution in [0.25, 0.3) is 0 Å². The van der Waals surface area contributed by atoms with Crippen molar-refractivity contribution in [3.8, 4) is 0 Å². The van der Waals surface area contributed by atoms with E-state index in [1.54, 1.807) is 7.11 Å². The molecule has 1 aliphatic carbocycles. The molecule has 0 N–H and O–H groups in total. The van der Waals surface area contributed by atoms with E-state index >= 15 is 0 Å². The number of methoxy groups -OCH3 is 1. The highest BCUT2D eigenvalue weighted by Gasteiger charge is 2.34. The smallest absolute Gasteiger partial charge is 0.385 e. The Morgan fingerprint density at radius 2 is 1.87 bits per heavy atom. The van der Waals surface area contributed by atoms with E-state index in [0.717, 1.165) is 32.1 Å². The van der Waals surface area contributed by atoms with Gasteiger partial charge in [-0.1, -0.05) is 19.3 Å². The molecular weight excluding hydrogens is 205 g/mol. The summed E-state index contributed by atoms with van der Waals surface area (Å²) in [7, 11) is 1.63. The Hall–Kier alpha value is -0.250. The normalized spacial score (nSPS) is 28.0. The van der Waals surface area contributed by atoms with Crippen LogP contribution in [0, 0.1) is 11.8 Å². The first-order valence-corrected chi connectivity index (χ1v) is 5.57. The molecule has 90 valence electrons. The van der Waals surface area contributed by atoms with Gasteiger partial charge in [-0.2, -0.15) is 13.2 Å². The van der Waals surface area contributed by atoms with Crippen LogP contribution in [0.4, 0.5) is 13.2 Å². The zero-order valence-electron chi connectivity index (χ0n) is 9.15. The van der Waals surface area contributed by atoms with Gasteiger partial charge in [-0.15, -0.1) is 0 Å². The average Bonchev–Trinajstić information content (AvgIpc) is 2.12. The Kier molecular flexibility index (Phi) is 4.90. The summed E-state index contributed by atoms with van der Waals surface area (Å²) in [6.45, 7) is 0.670. The third-order valence-electron chi connectivity index (χ3n) is 3.14. The summed E-state index contributed by atoms with van der Waals surface area (Å²) in [5, 5.41) is 0. The predicted octanol–water partition coefficient (Wildman–Crippen LogP) is 3.78. The van der Waals surface area contributed by atoms with Crippen molar-refractivity contribution in [2.24, 2.45) is 11.8 Å². The summed E-state index contributed by atoms with van der Waals surface area (Å²) >= 11 is 0. The van der Waals surface area contributed by atoms with Gasteiger partial charge in [0.05, 0.1) is 0 Å². The van der Waals surface area contributed by atoms with Crippen LogP contribution in [0.2, 0.25) is 0 Å². The highest BCUT2D eigenvalue weighted by Crippen LogP contribution is 2.37. The summed E-state index contributed by atoms with van der Waals surface area (Å²) < 4.78 is 41.5. The van der Waals surface area contributed by atoms with E-state index < -0.39 is 12.6 Å². The van der Waals surface area contributed by atoms with Crippen molar-refractivity contribution in [2.75, 3.05) is 13.7 Å². The second-order valence-electron chi connectivity index (χ2n) is 4.50. The van der Waals surface area contributed by atoms with Crippen molar-refractivity contribution >= 4 is 0 Å². The summed E-state index contributed by atoms with van der Waals surface area (Å²) in [5.74, 6) is 0.284. The molecule has 1 aliphatic rings. The van der Waals surface area contributed by atoms with E-state index in [4.69, 9.17) is 4.74 Å². The molecule has 0 aliphatic heterocycles. The Labute approximate surface area is 89.0 Å². The summed E-state index contributed by atoms with van der Waals surface area (Å²) in [6.07, 6.45) is -0.214. The molecule has 2 atom stereocenters. The lowest BCUT2D eigenvalue weighted by atomic mass is 9.78. The van der Waals surface area contributed by atoms with Gasteiger partial charge in [0, 0.05) is 20.1 Å². The quantitative estimate of drug-likeness (QED) is 0.706. The monoisotopic (exact) mass is 224 g/mol. The van der Waals surface area contributed by atoms with Crippen LogP contribution in [-0.4, -0.2) is 19.9 Å². The van der Waals surface area contributed by atoms with E-state index in [-0.39, 0.29) is 5.92 Å². The molecule has 0 aromatic heterocycles. The lowest BCUT2D eigenvalue weighted by Gasteiger charge is -2.29. The lowest BCUT2D eigenvalue weighted by Crippen LogP contribution is -2.22. The fourth-order valence-corrected chi connectivity index (χ4v) is 2.46. The zero-order valence-corrected chi connectivity index (χ0v) is 9.15. The Balaban J connectivity index is 2.29. The van der Waals surface area contributed by atoms with Gasteiger partial charge < -0.3 is 4.74 Å². The molecule has 2 unspecified atom stereocenters. The fourth-order valence-electron chi connectivity index (χ4n) is 2.46. The molecule has 1 nitrogen and oxygen atoms in total. The Morgan fingerprint density at radius 1 is 1.20 bits per heavy atom. The number of rotatable bonds is 4. The van der Waals surface area contributed by atoms with E-state index in [1.807, 2.05) is 0 Å². The van der Waals surface area contributed by atoms with Crippen molar-refractivity contribution in [1.29, 1.82) is 0 Å². The van der Waals surface area contributed by atoms with Crippen LogP contribution in [0.5, 0.6) is 0 Å². The highest BCUT2D eigenvalue weighted by molar-refractivity contribution is 4.75. The molecule has 0 aromatic rings. The minimum absolute atomic E-state index is 0.152. The van der Waals surface area contributed by atoms with Gasteiger partial charge in [-0.25, -0.2) is 0 Å². The molecular formula is C11H19F3O. The topological polar surface area (TPSA) is 9.23 Å². The number of ether oxygens (including phenoxy) is 1. The zero-order chi connectivity index (χ0) is 11.3. The molecule has 1 saturated carbocycles. The van der Waals surface area contributed by atoms with Crippen LogP contribution in [-0.2, 0) is 4.74 Å². The molecule has 0 spiro atoms. The molecule has 0 radical (unpaired) electrons. The standard InChI is InChI=1S/C11H19F3O/c1-15-6-5-9-3-2-4-10(7-9)8-11(12,13)14/h9-10H,2-8H2,1H3. The van der Waals surface area contributed by atoms with Crippen LogP contribution in [0.15, 0.2) is 0 Å². The van der Waals surface area contributed by atoms with Gasteiger partial charge in [0.2, 0.25) is 0 Å². The average molecular weight is 224 g/mol. The van der Waals surface area contributed by atoms with E-state index in [1.165, 1.54) is 0 Å². The maximum absolute atomic E-state index is 12.2. The Bertz CT molecular complexity index is 179. The van der Waals surface area contributed by atoms with Crippen LogP contribution < -0.4 is 0 Å². The first-order valence-electron chi connectivity index (χ1n) is 5.57. The van der Waals surface area contributed by atoms with Crippen molar-refractivity contribution in [2.45, 2.75) is 44.7 Å². The first kappa shape index (κ1) is 12.8. The molecule has 15 heavy (non-hydrogen) atoms. The highest BCUT2D eigenvalue weighted by atomic mass is 19.4. The minimum atomic E-state index is -3.99. The van der Waals surface area contributed by atoms with Crippen LogP contribution >= 0.6 is 0 Å². The fraction of sp³-hybridized carbons (Fsp3) is 1.00. The molecule has 0 aromatic carbocycles. The predicted molar refractivity (Wildman–Crippen MR) is 52.6 cm³/mol. The molecule has 0 heterocycles. The minimum Gasteiger partial charge on any atom is -0.385 e. The van der Waals surface area contributed by atoms with Crippen molar-refractivity contribution < 1.29 is 17.9 Å². The molecule has 1 fully saturated rings. The summed E-state index contributed by atoms with van der Waals surface area (Å²) in [6, 6.07) is 0. The van der Waals surface area contributed by atoms with E-state index in [2.05, 4.69) is 0 Å². The van der Waals surface area contributed by atoms with Crippen molar-refractivity contribution in [1.82, 2.24) is 0 Å². The lowest BCUT2D eigenvalue weighted by molar-refractivity contribution is -0.147. The van der Waals surface area contributed by atoms with Crippen molar-refractivity contribution in [3.63, 3.8) is 0 Å². The van der Waals surface area contributed by atoms with E-state index in [9.17, 15) is 13.2 Å². The maximum Gasteiger partial charge on any atom is 0.389 e. The molecule has 0 saturated heterocycles. The Morgan fingerprint density at radius 3 is 2.47 bits per heavy atom. The SMILES string of the molecule is COCCC1CCCC(CC(F)(F)F)C1. The molecule has 0 bridgehead atoms. The maximum atomic E-state index is 12.2. The third-order valence-corrected chi connectivity index (χ3v) is 3.14. The van der Waals surface area contributed by atoms with Gasteiger partial charge in [0.15, 0.2) is 0 Å². The van der Waals surface area contributed by atoms with Gasteiger partial charge in [-0.3, -0.25) is 0 Å². The number of hydrogen-bond acceptors (Lipinski definition) is 1. The largest absolute Gasteiger partial charge is 0.389 e. The number of alkyl halides is 3. The van der Waals surface area contributed by atoms with Gasteiger partial charge >= 0.3 is 6.18 Å².